The van der Waals surface area contributed by atoms with Gasteiger partial charge in [-0.05, 0) is 6.07 Å². The normalized spacial score (nSPS) is 19.0. The number of hydrogen-bond acceptors (Lipinski definition) is 2. The second-order valence-electron chi connectivity index (χ2n) is 4.43. The fraction of sp³-hybridized carbons (Fsp3) is 0.231. The van der Waals surface area contributed by atoms with Crippen LogP contribution in [0.1, 0.15) is 11.6 Å². The van der Waals surface area contributed by atoms with Crippen molar-refractivity contribution < 1.29 is 4.79 Å². The number of hydrogen-bond donors (Lipinski definition) is 1. The fourth-order valence-corrected chi connectivity index (χ4v) is 2.45. The van der Waals surface area contributed by atoms with Crippen LogP contribution in [0.2, 0.25) is 0 Å². The monoisotopic (exact) mass is 240 g/mol. The summed E-state index contributed by atoms with van der Waals surface area (Å²) >= 11 is 0. The first kappa shape index (κ1) is 10.7. The van der Waals surface area contributed by atoms with E-state index in [4.69, 9.17) is 5.26 Å². The van der Waals surface area contributed by atoms with E-state index in [1.807, 2.05) is 48.3 Å². The predicted octanol–water partition coefficient (Wildman–Crippen LogP) is 1.73. The van der Waals surface area contributed by atoms with Crippen LogP contribution >= 0.6 is 0 Å². The molecule has 5 heteroatoms. The van der Waals surface area contributed by atoms with Crippen molar-refractivity contribution in [3.63, 3.8) is 0 Å². The summed E-state index contributed by atoms with van der Waals surface area (Å²) in [6.45, 7) is 0.392. The lowest BCUT2D eigenvalue weighted by atomic mass is 10.1. The van der Waals surface area contributed by atoms with Crippen molar-refractivity contribution in [1.82, 2.24) is 14.8 Å². The molecule has 1 aliphatic rings. The number of carbonyl (C=O) groups excluding carboxylic acids is 1. The smallest absolute Gasteiger partial charge is 0.331 e. The number of aromatic nitrogens is 1. The molecule has 2 aromatic rings. The third kappa shape index (κ3) is 1.43. The van der Waals surface area contributed by atoms with Crippen molar-refractivity contribution >= 4 is 16.9 Å². The molecule has 1 saturated heterocycles. The third-order valence-electron chi connectivity index (χ3n) is 3.33. The second kappa shape index (κ2) is 3.77. The van der Waals surface area contributed by atoms with Gasteiger partial charge in [0.15, 0.2) is 6.19 Å². The fourth-order valence-electron chi connectivity index (χ4n) is 2.45. The van der Waals surface area contributed by atoms with E-state index >= 15 is 0 Å². The summed E-state index contributed by atoms with van der Waals surface area (Å²) in [4.78, 5) is 12.7. The van der Waals surface area contributed by atoms with Gasteiger partial charge < -0.3 is 9.88 Å². The van der Waals surface area contributed by atoms with E-state index in [0.717, 1.165) is 21.4 Å². The molecule has 0 aliphatic carbocycles. The van der Waals surface area contributed by atoms with Gasteiger partial charge in [-0.3, -0.25) is 0 Å². The molecule has 90 valence electrons. The van der Waals surface area contributed by atoms with E-state index < -0.39 is 0 Å². The highest BCUT2D eigenvalue weighted by Crippen LogP contribution is 2.28. The van der Waals surface area contributed by atoms with E-state index in [1.165, 1.54) is 0 Å². The lowest BCUT2D eigenvalue weighted by molar-refractivity contribution is 0.232. The van der Waals surface area contributed by atoms with E-state index in [2.05, 4.69) is 5.32 Å². The third-order valence-corrected chi connectivity index (χ3v) is 3.33. The molecule has 1 aliphatic heterocycles. The zero-order valence-electron chi connectivity index (χ0n) is 9.92. The zero-order chi connectivity index (χ0) is 12.7. The molecule has 5 nitrogen and oxygen atoms in total. The summed E-state index contributed by atoms with van der Waals surface area (Å²) in [6.07, 6.45) is 3.89. The Morgan fingerprint density at radius 3 is 2.94 bits per heavy atom. The van der Waals surface area contributed by atoms with Crippen molar-refractivity contribution in [1.29, 1.82) is 5.26 Å². The molecule has 1 atom stereocenters. The Morgan fingerprint density at radius 1 is 1.44 bits per heavy atom. The number of rotatable bonds is 1. The number of fused-ring (bicyclic) bond motifs is 1. The summed E-state index contributed by atoms with van der Waals surface area (Å²) in [7, 11) is 1.98. The number of urea groups is 1. The first-order valence-corrected chi connectivity index (χ1v) is 5.72. The van der Waals surface area contributed by atoms with E-state index in [-0.39, 0.29) is 12.1 Å². The maximum Gasteiger partial charge on any atom is 0.331 e. The average molecular weight is 240 g/mol. The van der Waals surface area contributed by atoms with Gasteiger partial charge in [0.1, 0.15) is 0 Å². The molecule has 3 rings (SSSR count). The minimum absolute atomic E-state index is 0.122. The molecule has 2 heterocycles. The first-order chi connectivity index (χ1) is 8.70. The van der Waals surface area contributed by atoms with Crippen LogP contribution in [0.3, 0.4) is 0 Å². The van der Waals surface area contributed by atoms with Crippen LogP contribution in [0.4, 0.5) is 4.79 Å². The molecule has 0 saturated carbocycles. The highest BCUT2D eigenvalue weighted by atomic mass is 16.2. The van der Waals surface area contributed by atoms with Crippen molar-refractivity contribution in [2.45, 2.75) is 6.04 Å². The zero-order valence-corrected chi connectivity index (χ0v) is 9.92. The van der Waals surface area contributed by atoms with Crippen LogP contribution in [-0.2, 0) is 7.05 Å². The van der Waals surface area contributed by atoms with Crippen LogP contribution in [0.25, 0.3) is 10.9 Å². The molecule has 1 unspecified atom stereocenters. The molecule has 1 aromatic heterocycles. The van der Waals surface area contributed by atoms with Gasteiger partial charge in [-0.1, -0.05) is 18.2 Å². The Labute approximate surface area is 104 Å². The van der Waals surface area contributed by atoms with Gasteiger partial charge in [-0.2, -0.15) is 5.26 Å². The summed E-state index contributed by atoms with van der Waals surface area (Å²) < 4.78 is 2.03. The summed E-state index contributed by atoms with van der Waals surface area (Å²) in [6, 6.07) is 7.59. The Bertz CT molecular complexity index is 667. The molecule has 0 bridgehead atoms. The molecule has 1 aromatic carbocycles. The standard InChI is InChI=1S/C13H12N4O/c1-16-6-10(9-4-2-3-5-12(9)16)11-7-17(8-14)13(18)15-11/h2-6,11H,7H2,1H3,(H,15,18). The van der Waals surface area contributed by atoms with E-state index in [0.29, 0.717) is 6.54 Å². The van der Waals surface area contributed by atoms with Crippen LogP contribution < -0.4 is 5.32 Å². The van der Waals surface area contributed by atoms with Crippen molar-refractivity contribution in [2.75, 3.05) is 6.54 Å². The molecule has 0 radical (unpaired) electrons. The summed E-state index contributed by atoms with van der Waals surface area (Å²) in [5.41, 5.74) is 2.18. The first-order valence-electron chi connectivity index (χ1n) is 5.72. The lowest BCUT2D eigenvalue weighted by Gasteiger charge is -2.06. The van der Waals surface area contributed by atoms with Gasteiger partial charge in [-0.15, -0.1) is 0 Å². The number of nitriles is 1. The minimum atomic E-state index is -0.324. The summed E-state index contributed by atoms with van der Waals surface area (Å²) in [5.74, 6) is 0. The predicted molar refractivity (Wildman–Crippen MR) is 66.5 cm³/mol. The van der Waals surface area contributed by atoms with Crippen LogP contribution in [0.15, 0.2) is 30.5 Å². The average Bonchev–Trinajstić information content (AvgIpc) is 2.91. The summed E-state index contributed by atoms with van der Waals surface area (Å²) in [5, 5.41) is 12.8. The topological polar surface area (TPSA) is 61.1 Å². The van der Waals surface area contributed by atoms with E-state index in [1.54, 1.807) is 0 Å². The second-order valence-corrected chi connectivity index (χ2v) is 4.43. The highest BCUT2D eigenvalue weighted by Gasteiger charge is 2.31. The SMILES string of the molecule is Cn1cc(C2CN(C#N)C(=O)N2)c2ccccc21. The Kier molecular flexibility index (Phi) is 2.23. The number of amides is 2. The van der Waals surface area contributed by atoms with Gasteiger partial charge in [0.2, 0.25) is 0 Å². The number of nitrogens with one attached hydrogen (secondary N) is 1. The Balaban J connectivity index is 2.06. The van der Waals surface area contributed by atoms with Crippen LogP contribution in [-0.4, -0.2) is 22.0 Å². The molecule has 0 spiro atoms. The maximum absolute atomic E-state index is 11.5. The number of nitrogens with zero attached hydrogens (tertiary/aromatic N) is 3. The maximum atomic E-state index is 11.5. The highest BCUT2D eigenvalue weighted by molar-refractivity contribution is 5.86. The van der Waals surface area contributed by atoms with Gasteiger partial charge in [0, 0.05) is 29.7 Å². The molecule has 1 fully saturated rings. The molecule has 1 N–H and O–H groups in total. The van der Waals surface area contributed by atoms with Crippen LogP contribution in [0, 0.1) is 11.5 Å². The molecular formula is C13H12N4O. The quantitative estimate of drug-likeness (QED) is 0.771. The van der Waals surface area contributed by atoms with Crippen LogP contribution in [0.5, 0.6) is 0 Å². The molecule has 2 amide bonds. The van der Waals surface area contributed by atoms with Crippen molar-refractivity contribution in [2.24, 2.45) is 7.05 Å². The number of aryl methyl sites for hydroxylation is 1. The van der Waals surface area contributed by atoms with Crippen molar-refractivity contribution in [3.8, 4) is 6.19 Å². The van der Waals surface area contributed by atoms with Crippen molar-refractivity contribution in [3.05, 3.63) is 36.0 Å². The molecular weight excluding hydrogens is 228 g/mol. The van der Waals surface area contributed by atoms with Gasteiger partial charge >= 0.3 is 6.03 Å². The van der Waals surface area contributed by atoms with Gasteiger partial charge in [0.25, 0.3) is 0 Å². The van der Waals surface area contributed by atoms with E-state index in [9.17, 15) is 4.79 Å². The number of carbonyl (C=O) groups is 1. The van der Waals surface area contributed by atoms with Gasteiger partial charge in [0.05, 0.1) is 12.6 Å². The number of benzene rings is 1. The Hall–Kier alpha value is -2.48. The largest absolute Gasteiger partial charge is 0.350 e. The minimum Gasteiger partial charge on any atom is -0.350 e. The number of para-hydroxylation sites is 1. The Morgan fingerprint density at radius 2 is 2.22 bits per heavy atom. The molecule has 18 heavy (non-hydrogen) atoms. The van der Waals surface area contributed by atoms with Gasteiger partial charge in [-0.25, -0.2) is 9.69 Å². The lowest BCUT2D eigenvalue weighted by Crippen LogP contribution is -2.23.